The molecule has 4 heavy (non-hydrogen) atoms. The van der Waals surface area contributed by atoms with E-state index in [-0.39, 0.29) is 34.0 Å². The normalized spacial score (nSPS) is 1.50. The number of halogens is 2. The van der Waals surface area contributed by atoms with E-state index in [1.54, 1.807) is 23.0 Å². The zero-order valence-electron chi connectivity index (χ0n) is 2.26. The molecule has 0 aromatic heterocycles. The first-order chi connectivity index (χ1) is 1.00. The third-order valence-electron chi connectivity index (χ3n) is 0. The summed E-state index contributed by atoms with van der Waals surface area (Å²) in [4.78, 5) is 2.05. The van der Waals surface area contributed by atoms with Gasteiger partial charge in [0.05, 0.1) is 0 Å². The quantitative estimate of drug-likeness (QED) is 0.593. The summed E-state index contributed by atoms with van der Waals surface area (Å²) < 4.78 is 0. The summed E-state index contributed by atoms with van der Waals surface area (Å²) in [7, 11) is 0. The Kier molecular flexibility index (Phi) is 92.2. The molecule has 0 unspecified atom stereocenters. The van der Waals surface area contributed by atoms with Crippen LogP contribution in [0.1, 0.15) is 0 Å². The van der Waals surface area contributed by atoms with Gasteiger partial charge in [-0.05, 0) is 0 Å². The Hall–Kier alpha value is 1.78. The van der Waals surface area contributed by atoms with E-state index < -0.39 is 0 Å². The Morgan fingerprint density at radius 2 is 1.00 bits per heavy atom. The van der Waals surface area contributed by atoms with Crippen molar-refractivity contribution in [2.75, 3.05) is 0 Å². The van der Waals surface area contributed by atoms with Gasteiger partial charge >= 0.3 is 27.9 Å². The Morgan fingerprint density at radius 1 is 1.00 bits per heavy atom. The zero-order valence-corrected chi connectivity index (χ0v) is 8.24. The third-order valence-corrected chi connectivity index (χ3v) is 0. The summed E-state index contributed by atoms with van der Waals surface area (Å²) in [5.41, 5.74) is 0. The van der Waals surface area contributed by atoms with Crippen molar-refractivity contribution < 1.29 is 0 Å². The predicted molar refractivity (Wildman–Crippen MR) is 32.3 cm³/mol. The van der Waals surface area contributed by atoms with Gasteiger partial charge in [0.2, 0.25) is 0 Å². The van der Waals surface area contributed by atoms with Crippen molar-refractivity contribution in [1.29, 1.82) is 0 Å². The van der Waals surface area contributed by atoms with E-state index in [9.17, 15) is 0 Å². The molecule has 0 amide bonds. The Balaban J connectivity index is -0.00000000500. The molecule has 0 saturated carbocycles. The summed E-state index contributed by atoms with van der Waals surface area (Å²) in [6.45, 7) is 0. The van der Waals surface area contributed by atoms with Gasteiger partial charge in [0.1, 0.15) is 0 Å². The second kappa shape index (κ2) is 21.6. The van der Waals surface area contributed by atoms with E-state index in [2.05, 4.69) is 4.87 Å². The van der Waals surface area contributed by atoms with Crippen molar-refractivity contribution in [2.24, 2.45) is 0 Å². The second-order valence-electron chi connectivity index (χ2n) is 0. The molecule has 0 atom stereocenters. The van der Waals surface area contributed by atoms with Gasteiger partial charge in [-0.3, -0.25) is 0 Å². The molecule has 0 N–H and O–H groups in total. The first-order valence-electron chi connectivity index (χ1n) is 0.447. The van der Waals surface area contributed by atoms with Crippen LogP contribution < -0.4 is 0 Å². The van der Waals surface area contributed by atoms with Crippen LogP contribution >= 0.6 is 34.0 Å². The zero-order chi connectivity index (χ0) is 2.00. The van der Waals surface area contributed by atoms with Crippen molar-refractivity contribution in [1.82, 2.24) is 0 Å². The Morgan fingerprint density at radius 3 is 1.00 bits per heavy atom. The molecule has 0 saturated heterocycles. The molecule has 2 radical (unpaired) electrons. The van der Waals surface area contributed by atoms with Crippen LogP contribution in [0.15, 0.2) is 0 Å². The van der Waals surface area contributed by atoms with Gasteiger partial charge in [0, 0.05) is 0 Å². The van der Waals surface area contributed by atoms with Crippen LogP contribution in [0, 0.1) is 0 Å². The third kappa shape index (κ3) is 9.22. The summed E-state index contributed by atoms with van der Waals surface area (Å²) >= 11 is 1.75. The van der Waals surface area contributed by atoms with Gasteiger partial charge in [0.25, 0.3) is 0 Å². The molecule has 0 rings (SSSR count). The molecule has 0 spiro atoms. The molecule has 0 aliphatic rings. The molecular weight excluding hydrogens is 294 g/mol. The van der Waals surface area contributed by atoms with Gasteiger partial charge in [-0.1, -0.05) is 0 Å². The fourth-order valence-electron chi connectivity index (χ4n) is 0. The summed E-state index contributed by atoms with van der Waals surface area (Å²) in [6.07, 6.45) is 0. The predicted octanol–water partition coefficient (Wildman–Crippen LogP) is 1.36. The standard InChI is InChI=1S/CH3.2BrH.Sb/h1H3;2*1H;. The number of hydrogen-bond donors (Lipinski definition) is 0. The molecular formula is CH5Br2Sb. The van der Waals surface area contributed by atoms with E-state index in [0.29, 0.717) is 0 Å². The molecule has 0 aromatic rings. The van der Waals surface area contributed by atoms with Gasteiger partial charge in [-0.25, -0.2) is 0 Å². The number of hydrogen-bond acceptors (Lipinski definition) is 0. The average molecular weight is 299 g/mol. The minimum absolute atomic E-state index is 0. The molecule has 0 fully saturated rings. The van der Waals surface area contributed by atoms with Gasteiger partial charge < -0.3 is 0 Å². The van der Waals surface area contributed by atoms with Crippen molar-refractivity contribution in [2.45, 2.75) is 4.87 Å². The summed E-state index contributed by atoms with van der Waals surface area (Å²) in [5.74, 6) is 0. The molecule has 3 heteroatoms. The Labute approximate surface area is 61.4 Å². The molecule has 0 aliphatic carbocycles. The van der Waals surface area contributed by atoms with Gasteiger partial charge in [-0.15, -0.1) is 34.0 Å². The van der Waals surface area contributed by atoms with Crippen molar-refractivity contribution >= 4 is 57.0 Å². The first-order valence-corrected chi connectivity index (χ1v) is 3.00. The maximum absolute atomic E-state index is 2.05. The fourth-order valence-corrected chi connectivity index (χ4v) is 0. The fraction of sp³-hybridized carbons (Fsp3) is 1.00. The molecule has 0 bridgehead atoms. The SMILES string of the molecule is Br.Br.[CH3][Sb]. The molecule has 0 aliphatic heterocycles. The monoisotopic (exact) mass is 296 g/mol. The van der Waals surface area contributed by atoms with E-state index >= 15 is 0 Å². The van der Waals surface area contributed by atoms with Crippen LogP contribution in [0.4, 0.5) is 0 Å². The van der Waals surface area contributed by atoms with Crippen LogP contribution in [-0.4, -0.2) is 23.0 Å². The summed E-state index contributed by atoms with van der Waals surface area (Å²) in [6, 6.07) is 0. The van der Waals surface area contributed by atoms with E-state index in [4.69, 9.17) is 0 Å². The molecule has 0 nitrogen and oxygen atoms in total. The summed E-state index contributed by atoms with van der Waals surface area (Å²) in [5, 5.41) is 0. The van der Waals surface area contributed by atoms with Crippen LogP contribution in [-0.2, 0) is 0 Å². The topological polar surface area (TPSA) is 0 Å². The Bertz CT molecular complexity index is 6.00. The van der Waals surface area contributed by atoms with Crippen molar-refractivity contribution in [3.8, 4) is 0 Å². The second-order valence-corrected chi connectivity index (χ2v) is 0. The van der Waals surface area contributed by atoms with Gasteiger partial charge in [-0.2, -0.15) is 0 Å². The van der Waals surface area contributed by atoms with Crippen molar-refractivity contribution in [3.63, 3.8) is 0 Å². The minimum atomic E-state index is 0. The van der Waals surface area contributed by atoms with Crippen LogP contribution in [0.5, 0.6) is 0 Å². The van der Waals surface area contributed by atoms with E-state index in [0.717, 1.165) is 0 Å². The van der Waals surface area contributed by atoms with Crippen LogP contribution in [0.25, 0.3) is 0 Å². The van der Waals surface area contributed by atoms with Crippen LogP contribution in [0.3, 0.4) is 0 Å². The average Bonchev–Trinajstić information content (AvgIpc) is 1.00. The van der Waals surface area contributed by atoms with E-state index in [1.165, 1.54) is 0 Å². The maximum atomic E-state index is 2.05. The van der Waals surface area contributed by atoms with Crippen LogP contribution in [0.2, 0.25) is 4.87 Å². The van der Waals surface area contributed by atoms with Crippen molar-refractivity contribution in [3.05, 3.63) is 0 Å². The van der Waals surface area contributed by atoms with E-state index in [1.807, 2.05) is 0 Å². The first kappa shape index (κ1) is 17.1. The molecule has 0 heterocycles. The number of rotatable bonds is 0. The molecule has 0 aromatic carbocycles. The van der Waals surface area contributed by atoms with Gasteiger partial charge in [0.15, 0.2) is 0 Å². The molecule has 28 valence electrons.